The van der Waals surface area contributed by atoms with Gasteiger partial charge in [-0.15, -0.1) is 0 Å². The second-order valence-corrected chi connectivity index (χ2v) is 6.79. The van der Waals surface area contributed by atoms with Crippen molar-refractivity contribution < 1.29 is 14.7 Å². The second kappa shape index (κ2) is 8.14. The molecule has 1 aromatic carbocycles. The Kier molecular flexibility index (Phi) is 5.68. The highest BCUT2D eigenvalue weighted by Crippen LogP contribution is 2.24. The van der Waals surface area contributed by atoms with Gasteiger partial charge in [0.15, 0.2) is 0 Å². The van der Waals surface area contributed by atoms with Gasteiger partial charge in [0.05, 0.1) is 12.1 Å². The summed E-state index contributed by atoms with van der Waals surface area (Å²) >= 11 is 0. The second-order valence-electron chi connectivity index (χ2n) is 6.79. The molecule has 2 heterocycles. The lowest BCUT2D eigenvalue weighted by Gasteiger charge is -2.38. The molecule has 0 bridgehead atoms. The number of hydrogen-bond acceptors (Lipinski definition) is 4. The van der Waals surface area contributed by atoms with Gasteiger partial charge in [0.2, 0.25) is 0 Å². The van der Waals surface area contributed by atoms with Crippen molar-refractivity contribution in [2.75, 3.05) is 13.1 Å². The number of carboxylic acid groups (broad SMARTS) is 1. The minimum Gasteiger partial charge on any atom is -0.481 e. The summed E-state index contributed by atoms with van der Waals surface area (Å²) in [6, 6.07) is 9.94. The van der Waals surface area contributed by atoms with Gasteiger partial charge in [-0.25, -0.2) is 9.78 Å². The Balaban J connectivity index is 1.70. The van der Waals surface area contributed by atoms with Crippen molar-refractivity contribution in [3.05, 3.63) is 54.1 Å². The lowest BCUT2D eigenvalue weighted by Crippen LogP contribution is -2.56. The molecule has 1 aromatic heterocycles. The summed E-state index contributed by atoms with van der Waals surface area (Å²) in [5, 5.41) is 15.3. The Morgan fingerprint density at radius 1 is 1.23 bits per heavy atom. The number of nitrogens with zero attached hydrogens (tertiary/aromatic N) is 2. The van der Waals surface area contributed by atoms with Gasteiger partial charge < -0.3 is 15.7 Å². The van der Waals surface area contributed by atoms with Gasteiger partial charge in [0, 0.05) is 18.2 Å². The summed E-state index contributed by atoms with van der Waals surface area (Å²) in [5.41, 5.74) is 1.50. The van der Waals surface area contributed by atoms with Crippen molar-refractivity contribution in [2.24, 2.45) is 0 Å². The van der Waals surface area contributed by atoms with Gasteiger partial charge in [-0.05, 0) is 37.9 Å². The Morgan fingerprint density at radius 3 is 2.65 bits per heavy atom. The largest absolute Gasteiger partial charge is 0.481 e. The van der Waals surface area contributed by atoms with Crippen LogP contribution in [0.3, 0.4) is 0 Å². The van der Waals surface area contributed by atoms with E-state index in [2.05, 4.69) is 27.8 Å². The molecule has 0 atom stereocenters. The Morgan fingerprint density at radius 2 is 1.96 bits per heavy atom. The SMILES string of the molecule is O=C(O)CCc1cn(C(=O)NC2(Cc3ccccc3)CCNCC2)cn1. The lowest BCUT2D eigenvalue weighted by molar-refractivity contribution is -0.136. The maximum absolute atomic E-state index is 12.7. The number of nitrogens with one attached hydrogen (secondary N) is 2. The molecule has 26 heavy (non-hydrogen) atoms. The fraction of sp³-hybridized carbons (Fsp3) is 0.421. The summed E-state index contributed by atoms with van der Waals surface area (Å²) in [7, 11) is 0. The van der Waals surface area contributed by atoms with Crippen LogP contribution in [0, 0.1) is 0 Å². The number of imidazole rings is 1. The number of benzene rings is 1. The summed E-state index contributed by atoms with van der Waals surface area (Å²) in [4.78, 5) is 27.5. The van der Waals surface area contributed by atoms with Crippen molar-refractivity contribution in [3.63, 3.8) is 0 Å². The van der Waals surface area contributed by atoms with Crippen LogP contribution in [0.25, 0.3) is 0 Å². The predicted molar refractivity (Wildman–Crippen MR) is 97.1 cm³/mol. The van der Waals surface area contributed by atoms with Crippen molar-refractivity contribution in [1.82, 2.24) is 20.2 Å². The molecule has 1 amide bonds. The van der Waals surface area contributed by atoms with Crippen LogP contribution in [0.5, 0.6) is 0 Å². The standard InChI is InChI=1S/C19H24N4O3/c24-17(25)7-6-16-13-23(14-21-16)18(26)22-19(8-10-20-11-9-19)12-15-4-2-1-3-5-15/h1-5,13-14,20H,6-12H2,(H,22,26)(H,24,25). The molecule has 1 aliphatic heterocycles. The van der Waals surface area contributed by atoms with E-state index < -0.39 is 5.97 Å². The van der Waals surface area contributed by atoms with E-state index in [9.17, 15) is 9.59 Å². The van der Waals surface area contributed by atoms with Gasteiger partial charge in [-0.3, -0.25) is 9.36 Å². The molecule has 7 nitrogen and oxygen atoms in total. The van der Waals surface area contributed by atoms with Crippen LogP contribution in [0.4, 0.5) is 4.79 Å². The Labute approximate surface area is 152 Å². The molecule has 1 fully saturated rings. The van der Waals surface area contributed by atoms with Crippen LogP contribution in [0.1, 0.15) is 30.5 Å². The first kappa shape index (κ1) is 18.1. The maximum atomic E-state index is 12.7. The number of aromatic nitrogens is 2. The van der Waals surface area contributed by atoms with Crippen molar-refractivity contribution >= 4 is 12.0 Å². The van der Waals surface area contributed by atoms with E-state index in [4.69, 9.17) is 5.11 Å². The maximum Gasteiger partial charge on any atom is 0.327 e. The third-order valence-corrected chi connectivity index (χ3v) is 4.78. The van der Waals surface area contributed by atoms with Gasteiger partial charge >= 0.3 is 12.0 Å². The number of carbonyl (C=O) groups is 2. The van der Waals surface area contributed by atoms with E-state index in [1.54, 1.807) is 6.20 Å². The van der Waals surface area contributed by atoms with Crippen molar-refractivity contribution in [1.29, 1.82) is 0 Å². The van der Waals surface area contributed by atoms with Gasteiger partial charge in [-0.2, -0.15) is 0 Å². The highest BCUT2D eigenvalue weighted by Gasteiger charge is 2.34. The molecule has 3 rings (SSSR count). The van der Waals surface area contributed by atoms with Gasteiger partial charge in [0.25, 0.3) is 0 Å². The number of piperidine rings is 1. The van der Waals surface area contributed by atoms with E-state index in [1.165, 1.54) is 16.5 Å². The van der Waals surface area contributed by atoms with E-state index in [1.807, 2.05) is 18.2 Å². The molecule has 0 radical (unpaired) electrons. The molecule has 3 N–H and O–H groups in total. The highest BCUT2D eigenvalue weighted by molar-refractivity contribution is 5.77. The number of aliphatic carboxylic acids is 1. The molecule has 7 heteroatoms. The topological polar surface area (TPSA) is 96.2 Å². The molecule has 0 unspecified atom stereocenters. The molecule has 0 aliphatic carbocycles. The molecule has 0 saturated carbocycles. The van der Waals surface area contributed by atoms with Crippen LogP contribution in [-0.4, -0.2) is 45.3 Å². The lowest BCUT2D eigenvalue weighted by atomic mass is 9.82. The molecule has 1 saturated heterocycles. The molecule has 1 aliphatic rings. The summed E-state index contributed by atoms with van der Waals surface area (Å²) < 4.78 is 1.41. The van der Waals surface area contributed by atoms with Crippen LogP contribution in [-0.2, 0) is 17.6 Å². The minimum absolute atomic E-state index is 0.00223. The molecule has 138 valence electrons. The van der Waals surface area contributed by atoms with Crippen LogP contribution in [0.15, 0.2) is 42.9 Å². The first-order valence-electron chi connectivity index (χ1n) is 8.88. The number of aryl methyl sites for hydroxylation is 1. The zero-order chi connectivity index (χ0) is 18.4. The third kappa shape index (κ3) is 4.70. The van der Waals surface area contributed by atoms with E-state index in [0.29, 0.717) is 12.1 Å². The van der Waals surface area contributed by atoms with E-state index in [0.717, 1.165) is 32.4 Å². The average molecular weight is 356 g/mol. The summed E-state index contributed by atoms with van der Waals surface area (Å²) in [6.45, 7) is 1.72. The first-order chi connectivity index (χ1) is 12.6. The Bertz CT molecular complexity index is 751. The summed E-state index contributed by atoms with van der Waals surface area (Å²) in [6.07, 6.45) is 5.86. The van der Waals surface area contributed by atoms with Crippen LogP contribution >= 0.6 is 0 Å². The van der Waals surface area contributed by atoms with Crippen LogP contribution < -0.4 is 10.6 Å². The fourth-order valence-corrected chi connectivity index (χ4v) is 3.37. The molecule has 2 aromatic rings. The Hall–Kier alpha value is -2.67. The molecular weight excluding hydrogens is 332 g/mol. The first-order valence-corrected chi connectivity index (χ1v) is 8.88. The smallest absolute Gasteiger partial charge is 0.327 e. The van der Waals surface area contributed by atoms with Crippen molar-refractivity contribution in [3.8, 4) is 0 Å². The molecule has 0 spiro atoms. The zero-order valence-corrected chi connectivity index (χ0v) is 14.6. The molecular formula is C19H24N4O3. The number of rotatable bonds is 6. The van der Waals surface area contributed by atoms with Gasteiger partial charge in [0.1, 0.15) is 6.33 Å². The zero-order valence-electron chi connectivity index (χ0n) is 14.6. The number of carboxylic acids is 1. The minimum atomic E-state index is -0.875. The normalized spacial score (nSPS) is 16.2. The van der Waals surface area contributed by atoms with E-state index >= 15 is 0 Å². The monoisotopic (exact) mass is 356 g/mol. The van der Waals surface area contributed by atoms with Gasteiger partial charge in [-0.1, -0.05) is 30.3 Å². The average Bonchev–Trinajstić information content (AvgIpc) is 3.11. The highest BCUT2D eigenvalue weighted by atomic mass is 16.4. The van der Waals surface area contributed by atoms with E-state index in [-0.39, 0.29) is 18.0 Å². The fourth-order valence-electron chi connectivity index (χ4n) is 3.37. The van der Waals surface area contributed by atoms with Crippen molar-refractivity contribution in [2.45, 2.75) is 37.6 Å². The number of amides is 1. The summed E-state index contributed by atoms with van der Waals surface area (Å²) in [5.74, 6) is -0.875. The number of carbonyl (C=O) groups excluding carboxylic acids is 1. The third-order valence-electron chi connectivity index (χ3n) is 4.78. The quantitative estimate of drug-likeness (QED) is 0.734. The van der Waals surface area contributed by atoms with Crippen LogP contribution in [0.2, 0.25) is 0 Å². The number of hydrogen-bond donors (Lipinski definition) is 3. The predicted octanol–water partition coefficient (Wildman–Crippen LogP) is 1.82.